The van der Waals surface area contributed by atoms with Gasteiger partial charge < -0.3 is 19.5 Å². The first-order valence-corrected chi connectivity index (χ1v) is 12.0. The fraction of sp³-hybridized carbons (Fsp3) is 0.259. The minimum absolute atomic E-state index is 0.0745. The van der Waals surface area contributed by atoms with Gasteiger partial charge in [0.15, 0.2) is 5.65 Å². The van der Waals surface area contributed by atoms with E-state index in [4.69, 9.17) is 9.97 Å². The minimum Gasteiger partial charge on any atom is -0.477 e. The zero-order chi connectivity index (χ0) is 24.8. The lowest BCUT2D eigenvalue weighted by molar-refractivity contribution is 0.0698. The molecule has 1 aliphatic rings. The quantitative estimate of drug-likeness (QED) is 0.393. The van der Waals surface area contributed by atoms with Gasteiger partial charge in [-0.1, -0.05) is 30.3 Å². The van der Waals surface area contributed by atoms with E-state index in [2.05, 4.69) is 50.9 Å². The van der Waals surface area contributed by atoms with E-state index in [0.29, 0.717) is 23.9 Å². The van der Waals surface area contributed by atoms with Crippen molar-refractivity contribution >= 4 is 28.5 Å². The molecule has 1 saturated heterocycles. The van der Waals surface area contributed by atoms with Gasteiger partial charge in [-0.15, -0.1) is 0 Å². The number of anilines is 1. The number of likely N-dealkylation sites (tertiary alicyclic amines) is 1. The Bertz CT molecular complexity index is 1570. The van der Waals surface area contributed by atoms with Gasteiger partial charge in [0.2, 0.25) is 0 Å². The van der Waals surface area contributed by atoms with Crippen LogP contribution in [0.2, 0.25) is 0 Å². The molecule has 1 aromatic carbocycles. The van der Waals surface area contributed by atoms with Crippen LogP contribution in [-0.2, 0) is 6.54 Å². The Morgan fingerprint density at radius 3 is 2.75 bits per heavy atom. The Balaban J connectivity index is 1.53. The molecule has 6 rings (SSSR count). The highest BCUT2D eigenvalue weighted by molar-refractivity contribution is 5.97. The highest BCUT2D eigenvalue weighted by Gasteiger charge is 2.26. The number of nitrogens with zero attached hydrogens (tertiary/aromatic N) is 7. The number of carbonyl (C=O) groups is 1. The Kier molecular flexibility index (Phi) is 5.41. The van der Waals surface area contributed by atoms with Gasteiger partial charge in [-0.3, -0.25) is 0 Å². The third-order valence-electron chi connectivity index (χ3n) is 6.96. The molecule has 0 bridgehead atoms. The molecule has 0 spiro atoms. The topological polar surface area (TPSA) is 91.8 Å². The number of hydrogen-bond donors (Lipinski definition) is 1. The van der Waals surface area contributed by atoms with Crippen molar-refractivity contribution in [1.29, 1.82) is 0 Å². The number of hydrogen-bond acceptors (Lipinski definition) is 6. The predicted octanol–water partition coefficient (Wildman–Crippen LogP) is 3.96. The first-order valence-electron chi connectivity index (χ1n) is 12.0. The summed E-state index contributed by atoms with van der Waals surface area (Å²) in [6.45, 7) is 2.64. The molecule has 4 aromatic heterocycles. The first-order chi connectivity index (χ1) is 17.5. The van der Waals surface area contributed by atoms with Crippen molar-refractivity contribution in [3.8, 4) is 11.3 Å². The summed E-state index contributed by atoms with van der Waals surface area (Å²) in [5.74, 6) is -0.291. The van der Waals surface area contributed by atoms with E-state index in [1.807, 2.05) is 43.6 Å². The molecule has 9 heteroatoms. The second kappa shape index (κ2) is 8.76. The monoisotopic (exact) mass is 481 g/mol. The molecule has 36 heavy (non-hydrogen) atoms. The molecule has 1 aliphatic heterocycles. The Morgan fingerprint density at radius 2 is 2.00 bits per heavy atom. The summed E-state index contributed by atoms with van der Waals surface area (Å²) in [6.07, 6.45) is 6.36. The highest BCUT2D eigenvalue weighted by Crippen LogP contribution is 2.35. The van der Waals surface area contributed by atoms with Gasteiger partial charge in [-0.2, -0.15) is 9.61 Å². The molecule has 9 nitrogen and oxygen atoms in total. The van der Waals surface area contributed by atoms with Crippen LogP contribution >= 0.6 is 0 Å². The van der Waals surface area contributed by atoms with E-state index in [1.54, 1.807) is 4.52 Å². The van der Waals surface area contributed by atoms with Crippen LogP contribution in [0.3, 0.4) is 0 Å². The van der Waals surface area contributed by atoms with Gasteiger partial charge in [0, 0.05) is 55.6 Å². The van der Waals surface area contributed by atoms with Crippen LogP contribution in [0.4, 0.5) is 5.82 Å². The fourth-order valence-electron chi connectivity index (χ4n) is 5.15. The predicted molar refractivity (Wildman–Crippen MR) is 138 cm³/mol. The van der Waals surface area contributed by atoms with Gasteiger partial charge in [-0.25, -0.2) is 14.8 Å². The standard InChI is InChI=1S/C27H27N7O2/c1-31-12-10-19(16-31)33-17-22(20-9-6-11-28-25(20)33)23-13-24(32(2)15-18-7-4-3-5-8-18)34-26(30-23)21(14-29-34)27(35)36/h3-9,11,13-14,17,19H,10,12,15-16H2,1-2H3,(H,35,36). The van der Waals surface area contributed by atoms with Crippen molar-refractivity contribution < 1.29 is 9.90 Å². The lowest BCUT2D eigenvalue weighted by Crippen LogP contribution is -2.20. The maximum absolute atomic E-state index is 12.0. The van der Waals surface area contributed by atoms with Crippen molar-refractivity contribution in [3.63, 3.8) is 0 Å². The van der Waals surface area contributed by atoms with E-state index in [1.165, 1.54) is 6.20 Å². The average Bonchev–Trinajstić information content (AvgIpc) is 3.60. The number of carboxylic acid groups (broad SMARTS) is 1. The smallest absolute Gasteiger partial charge is 0.341 e. The number of rotatable bonds is 6. The molecule has 1 fully saturated rings. The Hall–Kier alpha value is -4.24. The third kappa shape index (κ3) is 3.77. The van der Waals surface area contributed by atoms with Crippen LogP contribution in [0.15, 0.2) is 67.1 Å². The molecule has 0 aliphatic carbocycles. The molecule has 5 heterocycles. The largest absolute Gasteiger partial charge is 0.477 e. The summed E-state index contributed by atoms with van der Waals surface area (Å²) in [5.41, 5.74) is 4.08. The summed E-state index contributed by atoms with van der Waals surface area (Å²) < 4.78 is 3.86. The zero-order valence-electron chi connectivity index (χ0n) is 20.2. The van der Waals surface area contributed by atoms with E-state index >= 15 is 0 Å². The summed E-state index contributed by atoms with van der Waals surface area (Å²) in [5, 5.41) is 15.2. The normalized spacial score (nSPS) is 16.2. The molecule has 1 atom stereocenters. The SMILES string of the molecule is CN1CCC(n2cc(-c3cc(N(C)Cc4ccccc4)n4ncc(C(=O)O)c4n3)c3cccnc32)C1. The number of aromatic nitrogens is 5. The number of aromatic carboxylic acids is 1. The van der Waals surface area contributed by atoms with Crippen molar-refractivity contribution in [2.45, 2.75) is 19.0 Å². The second-order valence-corrected chi connectivity index (χ2v) is 9.47. The van der Waals surface area contributed by atoms with Gasteiger partial charge in [-0.05, 0) is 37.7 Å². The van der Waals surface area contributed by atoms with Crippen LogP contribution in [-0.4, -0.2) is 67.3 Å². The van der Waals surface area contributed by atoms with Gasteiger partial charge >= 0.3 is 5.97 Å². The molecule has 0 amide bonds. The summed E-state index contributed by atoms with van der Waals surface area (Å²) in [4.78, 5) is 25.9. The van der Waals surface area contributed by atoms with E-state index in [9.17, 15) is 9.90 Å². The summed E-state index contributed by atoms with van der Waals surface area (Å²) in [6, 6.07) is 16.4. The molecule has 5 aromatic rings. The Morgan fingerprint density at radius 1 is 1.17 bits per heavy atom. The molecular formula is C27H27N7O2. The number of likely N-dealkylation sites (N-methyl/N-ethyl adjacent to an activating group) is 1. The maximum atomic E-state index is 12.0. The first kappa shape index (κ1) is 22.2. The molecule has 182 valence electrons. The van der Waals surface area contributed by atoms with Crippen molar-refractivity contribution in [2.75, 3.05) is 32.1 Å². The number of fused-ring (bicyclic) bond motifs is 2. The van der Waals surface area contributed by atoms with Crippen LogP contribution in [0.5, 0.6) is 0 Å². The van der Waals surface area contributed by atoms with Crippen LogP contribution < -0.4 is 4.90 Å². The molecule has 0 saturated carbocycles. The third-order valence-corrected chi connectivity index (χ3v) is 6.96. The molecule has 1 unspecified atom stereocenters. The second-order valence-electron chi connectivity index (χ2n) is 9.47. The summed E-state index contributed by atoms with van der Waals surface area (Å²) >= 11 is 0. The molecule has 0 radical (unpaired) electrons. The van der Waals surface area contributed by atoms with Crippen molar-refractivity contribution in [3.05, 3.63) is 78.2 Å². The van der Waals surface area contributed by atoms with Crippen molar-refractivity contribution in [1.82, 2.24) is 29.0 Å². The summed E-state index contributed by atoms with van der Waals surface area (Å²) in [7, 11) is 4.12. The zero-order valence-corrected chi connectivity index (χ0v) is 20.2. The highest BCUT2D eigenvalue weighted by atomic mass is 16.4. The lowest BCUT2D eigenvalue weighted by atomic mass is 10.1. The lowest BCUT2D eigenvalue weighted by Gasteiger charge is -2.21. The van der Waals surface area contributed by atoms with Gasteiger partial charge in [0.25, 0.3) is 0 Å². The van der Waals surface area contributed by atoms with Gasteiger partial charge in [0.05, 0.1) is 11.9 Å². The fourth-order valence-corrected chi connectivity index (χ4v) is 5.15. The van der Waals surface area contributed by atoms with E-state index in [-0.39, 0.29) is 5.56 Å². The molecular weight excluding hydrogens is 454 g/mol. The Labute approximate surface area is 208 Å². The minimum atomic E-state index is -1.05. The number of carboxylic acids is 1. The van der Waals surface area contributed by atoms with E-state index < -0.39 is 5.97 Å². The maximum Gasteiger partial charge on any atom is 0.341 e. The number of pyridine rings is 1. The average molecular weight is 482 g/mol. The van der Waals surface area contributed by atoms with Gasteiger partial charge in [0.1, 0.15) is 17.0 Å². The molecule has 1 N–H and O–H groups in total. The number of benzene rings is 1. The van der Waals surface area contributed by atoms with E-state index in [0.717, 1.165) is 47.5 Å². The van der Waals surface area contributed by atoms with Crippen LogP contribution in [0.1, 0.15) is 28.4 Å². The van der Waals surface area contributed by atoms with Crippen LogP contribution in [0.25, 0.3) is 27.9 Å². The van der Waals surface area contributed by atoms with Crippen LogP contribution in [0, 0.1) is 0 Å². The van der Waals surface area contributed by atoms with Crippen molar-refractivity contribution in [2.24, 2.45) is 0 Å².